The first-order chi connectivity index (χ1) is 13.0. The molecule has 0 spiro atoms. The van der Waals surface area contributed by atoms with E-state index in [1.807, 2.05) is 0 Å². The molecule has 0 bridgehead atoms. The lowest BCUT2D eigenvalue weighted by molar-refractivity contribution is -0.136. The van der Waals surface area contributed by atoms with Gasteiger partial charge in [-0.1, -0.05) is 0 Å². The van der Waals surface area contributed by atoms with E-state index in [1.54, 1.807) is 46.1 Å². The lowest BCUT2D eigenvalue weighted by Crippen LogP contribution is -2.48. The van der Waals surface area contributed by atoms with Crippen LogP contribution in [0.3, 0.4) is 0 Å². The van der Waals surface area contributed by atoms with Gasteiger partial charge < -0.3 is 24.2 Å². The van der Waals surface area contributed by atoms with Crippen molar-refractivity contribution in [2.75, 3.05) is 53.0 Å². The molecule has 0 aromatic heterocycles. The summed E-state index contributed by atoms with van der Waals surface area (Å²) in [6.45, 7) is 4.79. The van der Waals surface area contributed by atoms with Crippen LogP contribution >= 0.6 is 0 Å². The second kappa shape index (κ2) is 10.4. The molecule has 2 rings (SSSR count). The molecule has 8 heteroatoms. The van der Waals surface area contributed by atoms with Crippen molar-refractivity contribution in [3.8, 4) is 11.5 Å². The first-order valence-electron chi connectivity index (χ1n) is 9.03. The molecule has 1 aromatic rings. The minimum Gasteiger partial charge on any atom is -0.497 e. The van der Waals surface area contributed by atoms with Crippen LogP contribution in [0.2, 0.25) is 0 Å². The molecule has 0 aliphatic carbocycles. The molecule has 1 fully saturated rings. The largest absolute Gasteiger partial charge is 0.497 e. The summed E-state index contributed by atoms with van der Waals surface area (Å²) in [7, 11) is 1.60. The van der Waals surface area contributed by atoms with Gasteiger partial charge >= 0.3 is 0 Å². The maximum atomic E-state index is 12.3. The molecule has 1 saturated heterocycles. The maximum absolute atomic E-state index is 12.3. The third-order valence-electron chi connectivity index (χ3n) is 4.55. The first kappa shape index (κ1) is 20.5. The van der Waals surface area contributed by atoms with Crippen molar-refractivity contribution in [3.05, 3.63) is 24.3 Å². The van der Waals surface area contributed by atoms with E-state index in [2.05, 4.69) is 0 Å². The first-order valence-corrected chi connectivity index (χ1v) is 9.03. The molecule has 0 N–H and O–H groups in total. The Bertz CT molecular complexity index is 627. The number of carbonyl (C=O) groups excluding carboxylic acids is 3. The molecule has 8 nitrogen and oxygen atoms in total. The van der Waals surface area contributed by atoms with Crippen LogP contribution < -0.4 is 9.47 Å². The highest BCUT2D eigenvalue weighted by Crippen LogP contribution is 2.16. The predicted octanol–water partition coefficient (Wildman–Crippen LogP) is 0.613. The van der Waals surface area contributed by atoms with Gasteiger partial charge in [-0.2, -0.15) is 0 Å². The van der Waals surface area contributed by atoms with Crippen molar-refractivity contribution in [1.29, 1.82) is 0 Å². The van der Waals surface area contributed by atoms with Crippen molar-refractivity contribution in [1.82, 2.24) is 14.7 Å². The summed E-state index contributed by atoms with van der Waals surface area (Å²) in [5, 5.41) is 0. The molecule has 27 heavy (non-hydrogen) atoms. The highest BCUT2D eigenvalue weighted by Gasteiger charge is 2.21. The van der Waals surface area contributed by atoms with Crippen molar-refractivity contribution in [3.63, 3.8) is 0 Å². The zero-order valence-electron chi connectivity index (χ0n) is 15.9. The molecular formula is C19H27N3O5. The lowest BCUT2D eigenvalue weighted by atomic mass is 10.2. The number of benzene rings is 1. The van der Waals surface area contributed by atoms with Gasteiger partial charge in [0.25, 0.3) is 0 Å². The zero-order chi connectivity index (χ0) is 19.6. The molecule has 3 amide bonds. The third-order valence-corrected chi connectivity index (χ3v) is 4.55. The third kappa shape index (κ3) is 6.47. The summed E-state index contributed by atoms with van der Waals surface area (Å²) in [4.78, 5) is 39.9. The Kier molecular flexibility index (Phi) is 7.91. The summed E-state index contributed by atoms with van der Waals surface area (Å²) in [5.41, 5.74) is 0. The van der Waals surface area contributed by atoms with Crippen molar-refractivity contribution in [2.45, 2.75) is 13.3 Å². The summed E-state index contributed by atoms with van der Waals surface area (Å²) in [6, 6.07) is 7.22. The highest BCUT2D eigenvalue weighted by molar-refractivity contribution is 5.78. The molecule has 0 atom stereocenters. The van der Waals surface area contributed by atoms with Crippen LogP contribution in [0.15, 0.2) is 24.3 Å². The molecule has 0 radical (unpaired) electrons. The van der Waals surface area contributed by atoms with Crippen LogP contribution in [-0.2, 0) is 14.4 Å². The monoisotopic (exact) mass is 377 g/mol. The lowest BCUT2D eigenvalue weighted by Gasteiger charge is -2.33. The zero-order valence-corrected chi connectivity index (χ0v) is 15.9. The fourth-order valence-corrected chi connectivity index (χ4v) is 2.84. The molecule has 0 unspecified atom stereocenters. The fourth-order valence-electron chi connectivity index (χ4n) is 2.84. The molecule has 1 heterocycles. The smallest absolute Gasteiger partial charge is 0.224 e. The Morgan fingerprint density at radius 1 is 1.07 bits per heavy atom. The number of hydrogen-bond acceptors (Lipinski definition) is 5. The average Bonchev–Trinajstić information content (AvgIpc) is 2.70. The van der Waals surface area contributed by atoms with E-state index < -0.39 is 0 Å². The van der Waals surface area contributed by atoms with Crippen LogP contribution in [0.4, 0.5) is 0 Å². The SMILES string of the molecule is COc1ccc(OCCN(CCC(=O)N2CCN(C=O)CC2)C(C)=O)cc1. The van der Waals surface area contributed by atoms with E-state index in [0.29, 0.717) is 51.6 Å². The number of methoxy groups -OCH3 is 1. The number of amides is 3. The van der Waals surface area contributed by atoms with Gasteiger partial charge in [0.2, 0.25) is 18.2 Å². The second-order valence-electron chi connectivity index (χ2n) is 6.30. The standard InChI is InChI=1S/C19H27N3O5/c1-16(24)21(13-14-27-18-5-3-17(26-2)4-6-18)8-7-19(25)22-11-9-20(15-23)10-12-22/h3-6,15H,7-14H2,1-2H3. The van der Waals surface area contributed by atoms with E-state index >= 15 is 0 Å². The second-order valence-corrected chi connectivity index (χ2v) is 6.30. The molecule has 148 valence electrons. The van der Waals surface area contributed by atoms with Crippen LogP contribution in [0.25, 0.3) is 0 Å². The van der Waals surface area contributed by atoms with E-state index in [-0.39, 0.29) is 18.2 Å². The number of piperazine rings is 1. The van der Waals surface area contributed by atoms with Gasteiger partial charge in [0.1, 0.15) is 18.1 Å². The van der Waals surface area contributed by atoms with Gasteiger partial charge in [0, 0.05) is 46.1 Å². The Hall–Kier alpha value is -2.77. The van der Waals surface area contributed by atoms with E-state index in [0.717, 1.165) is 12.2 Å². The normalized spacial score (nSPS) is 13.9. The summed E-state index contributed by atoms with van der Waals surface area (Å²) < 4.78 is 10.7. The maximum Gasteiger partial charge on any atom is 0.224 e. The Balaban J connectivity index is 1.73. The van der Waals surface area contributed by atoms with Crippen LogP contribution in [-0.4, -0.2) is 85.9 Å². The number of hydrogen-bond donors (Lipinski definition) is 0. The number of rotatable bonds is 9. The molecule has 1 aliphatic heterocycles. The van der Waals surface area contributed by atoms with E-state index in [9.17, 15) is 14.4 Å². The van der Waals surface area contributed by atoms with Crippen LogP contribution in [0.5, 0.6) is 11.5 Å². The summed E-state index contributed by atoms with van der Waals surface area (Å²) in [5.74, 6) is 1.36. The van der Waals surface area contributed by atoms with Gasteiger partial charge in [0.15, 0.2) is 0 Å². The topological polar surface area (TPSA) is 79.4 Å². The predicted molar refractivity (Wildman–Crippen MR) is 99.6 cm³/mol. The molecule has 1 aliphatic rings. The number of nitrogens with zero attached hydrogens (tertiary/aromatic N) is 3. The summed E-state index contributed by atoms with van der Waals surface area (Å²) in [6.07, 6.45) is 1.07. The van der Waals surface area contributed by atoms with Gasteiger partial charge in [0.05, 0.1) is 13.7 Å². The van der Waals surface area contributed by atoms with Gasteiger partial charge in [-0.3, -0.25) is 14.4 Å². The van der Waals surface area contributed by atoms with E-state index in [4.69, 9.17) is 9.47 Å². The molecule has 1 aromatic carbocycles. The Morgan fingerprint density at radius 3 is 2.26 bits per heavy atom. The molecule has 0 saturated carbocycles. The van der Waals surface area contributed by atoms with Gasteiger partial charge in [-0.25, -0.2) is 0 Å². The van der Waals surface area contributed by atoms with Crippen molar-refractivity contribution >= 4 is 18.2 Å². The fraction of sp³-hybridized carbons (Fsp3) is 0.526. The number of ether oxygens (including phenoxy) is 2. The van der Waals surface area contributed by atoms with E-state index in [1.165, 1.54) is 6.92 Å². The van der Waals surface area contributed by atoms with Gasteiger partial charge in [-0.15, -0.1) is 0 Å². The quantitative estimate of drug-likeness (QED) is 0.589. The summed E-state index contributed by atoms with van der Waals surface area (Å²) >= 11 is 0. The Labute approximate surface area is 159 Å². The van der Waals surface area contributed by atoms with Gasteiger partial charge in [-0.05, 0) is 24.3 Å². The average molecular weight is 377 g/mol. The highest BCUT2D eigenvalue weighted by atomic mass is 16.5. The van der Waals surface area contributed by atoms with Crippen LogP contribution in [0.1, 0.15) is 13.3 Å². The van der Waals surface area contributed by atoms with Crippen LogP contribution in [0, 0.1) is 0 Å². The minimum atomic E-state index is -0.0908. The van der Waals surface area contributed by atoms with Crippen molar-refractivity contribution in [2.24, 2.45) is 0 Å². The Morgan fingerprint density at radius 2 is 1.70 bits per heavy atom. The number of carbonyl (C=O) groups is 3. The van der Waals surface area contributed by atoms with Crippen molar-refractivity contribution < 1.29 is 23.9 Å². The molecular weight excluding hydrogens is 350 g/mol. The minimum absolute atomic E-state index is 0.00266.